The summed E-state index contributed by atoms with van der Waals surface area (Å²) in [4.78, 5) is 4.33. The van der Waals surface area contributed by atoms with Crippen LogP contribution >= 0.6 is 11.6 Å². The van der Waals surface area contributed by atoms with Gasteiger partial charge in [-0.15, -0.1) is 0 Å². The van der Waals surface area contributed by atoms with Gasteiger partial charge in [-0.2, -0.15) is 0 Å². The fraction of sp³-hybridized carbons (Fsp3) is 0.214. The maximum atomic E-state index is 6.26. The van der Waals surface area contributed by atoms with Gasteiger partial charge in [0.05, 0.1) is 22.6 Å². The molecule has 0 aliphatic rings. The van der Waals surface area contributed by atoms with Crippen molar-refractivity contribution in [2.45, 2.75) is 20.8 Å². The summed E-state index contributed by atoms with van der Waals surface area (Å²) >= 11 is 6.26. The molecular weight excluding hydrogens is 232 g/mol. The van der Waals surface area contributed by atoms with Gasteiger partial charge in [-0.1, -0.05) is 11.6 Å². The number of aryl methyl sites for hydroxylation is 3. The molecule has 0 bridgehead atoms. The first kappa shape index (κ1) is 11.9. The fourth-order valence-electron chi connectivity index (χ4n) is 1.69. The predicted molar refractivity (Wildman–Crippen MR) is 73.3 cm³/mol. The average molecular weight is 247 g/mol. The Morgan fingerprint density at radius 2 is 1.65 bits per heavy atom. The van der Waals surface area contributed by atoms with Gasteiger partial charge in [0.25, 0.3) is 0 Å². The van der Waals surface area contributed by atoms with Gasteiger partial charge in [0.1, 0.15) is 0 Å². The Balaban J connectivity index is 2.60. The summed E-state index contributed by atoms with van der Waals surface area (Å²) in [6.45, 7) is 6.08. The Labute approximate surface area is 106 Å². The highest BCUT2D eigenvalue weighted by molar-refractivity contribution is 6.33. The normalized spacial score (nSPS) is 10.6. The van der Waals surface area contributed by atoms with Crippen molar-refractivity contribution in [1.29, 1.82) is 0 Å². The van der Waals surface area contributed by atoms with Gasteiger partial charge in [0.2, 0.25) is 0 Å². The molecule has 0 unspecified atom stereocenters. The molecular formula is C14H15ClN2. The molecule has 2 rings (SSSR count). The van der Waals surface area contributed by atoms with Gasteiger partial charge in [-0.3, -0.25) is 4.98 Å². The van der Waals surface area contributed by atoms with E-state index in [0.717, 1.165) is 21.8 Å². The molecule has 0 amide bonds. The fourth-order valence-corrected chi connectivity index (χ4v) is 2.01. The number of nitrogens with zero attached hydrogens (tertiary/aromatic N) is 1. The number of aromatic nitrogens is 1. The van der Waals surface area contributed by atoms with E-state index in [1.807, 2.05) is 26.0 Å². The van der Waals surface area contributed by atoms with Gasteiger partial charge >= 0.3 is 0 Å². The lowest BCUT2D eigenvalue weighted by atomic mass is 10.0. The minimum atomic E-state index is 0.703. The number of pyridine rings is 1. The van der Waals surface area contributed by atoms with Crippen molar-refractivity contribution >= 4 is 17.3 Å². The second kappa shape index (κ2) is 4.38. The maximum Gasteiger partial charge on any atom is 0.0721 e. The quantitative estimate of drug-likeness (QED) is 0.829. The van der Waals surface area contributed by atoms with Crippen molar-refractivity contribution in [1.82, 2.24) is 4.98 Å². The van der Waals surface area contributed by atoms with Crippen LogP contribution in [0.2, 0.25) is 5.02 Å². The Bertz CT molecular complexity index is 577. The van der Waals surface area contributed by atoms with Crippen molar-refractivity contribution in [3.8, 4) is 11.3 Å². The third-order valence-corrected chi connectivity index (χ3v) is 3.32. The smallest absolute Gasteiger partial charge is 0.0721 e. The second-order valence-electron chi connectivity index (χ2n) is 4.34. The molecule has 2 aromatic rings. The molecule has 88 valence electrons. The van der Waals surface area contributed by atoms with Gasteiger partial charge in [-0.25, -0.2) is 0 Å². The summed E-state index contributed by atoms with van der Waals surface area (Å²) in [5, 5.41) is 0.727. The zero-order chi connectivity index (χ0) is 12.6. The van der Waals surface area contributed by atoms with Crippen molar-refractivity contribution in [3.63, 3.8) is 0 Å². The molecule has 0 aliphatic heterocycles. The summed E-state index contributed by atoms with van der Waals surface area (Å²) in [5.41, 5.74) is 11.7. The molecule has 0 saturated carbocycles. The standard InChI is InChI=1S/C14H15ClN2/c1-8-4-11(12(15)5-9(8)2)14-6-10(3)13(16)7-17-14/h4-7H,16H2,1-3H3. The predicted octanol–water partition coefficient (Wildman–Crippen LogP) is 3.91. The van der Waals surface area contributed by atoms with Gasteiger partial charge in [0.15, 0.2) is 0 Å². The lowest BCUT2D eigenvalue weighted by Gasteiger charge is -2.09. The van der Waals surface area contributed by atoms with Gasteiger partial charge in [-0.05, 0) is 55.7 Å². The zero-order valence-corrected chi connectivity index (χ0v) is 11.0. The first-order valence-corrected chi connectivity index (χ1v) is 5.86. The number of halogens is 1. The molecule has 2 N–H and O–H groups in total. The van der Waals surface area contributed by atoms with Crippen molar-refractivity contribution in [2.75, 3.05) is 5.73 Å². The molecule has 1 heterocycles. The van der Waals surface area contributed by atoms with E-state index < -0.39 is 0 Å². The van der Waals surface area contributed by atoms with E-state index in [-0.39, 0.29) is 0 Å². The topological polar surface area (TPSA) is 38.9 Å². The highest BCUT2D eigenvalue weighted by Crippen LogP contribution is 2.30. The van der Waals surface area contributed by atoms with Crippen LogP contribution in [0, 0.1) is 20.8 Å². The first-order valence-electron chi connectivity index (χ1n) is 5.48. The van der Waals surface area contributed by atoms with E-state index in [9.17, 15) is 0 Å². The van der Waals surface area contributed by atoms with E-state index in [0.29, 0.717) is 5.69 Å². The van der Waals surface area contributed by atoms with E-state index in [4.69, 9.17) is 17.3 Å². The first-order chi connectivity index (χ1) is 7.99. The third-order valence-electron chi connectivity index (χ3n) is 3.01. The number of benzene rings is 1. The highest BCUT2D eigenvalue weighted by atomic mass is 35.5. The minimum absolute atomic E-state index is 0.703. The van der Waals surface area contributed by atoms with Gasteiger partial charge < -0.3 is 5.73 Å². The van der Waals surface area contributed by atoms with Crippen LogP contribution in [0.25, 0.3) is 11.3 Å². The Morgan fingerprint density at radius 3 is 2.29 bits per heavy atom. The molecule has 1 aromatic carbocycles. The van der Waals surface area contributed by atoms with E-state index in [2.05, 4.69) is 18.0 Å². The van der Waals surface area contributed by atoms with Crippen LogP contribution in [0.3, 0.4) is 0 Å². The lowest BCUT2D eigenvalue weighted by Crippen LogP contribution is -1.94. The molecule has 0 radical (unpaired) electrons. The van der Waals surface area contributed by atoms with E-state index in [1.165, 1.54) is 11.1 Å². The number of hydrogen-bond acceptors (Lipinski definition) is 2. The van der Waals surface area contributed by atoms with Crippen LogP contribution in [0.4, 0.5) is 5.69 Å². The summed E-state index contributed by atoms with van der Waals surface area (Å²) in [7, 11) is 0. The highest BCUT2D eigenvalue weighted by Gasteiger charge is 2.08. The molecule has 3 heteroatoms. The summed E-state index contributed by atoms with van der Waals surface area (Å²) in [5.74, 6) is 0. The Morgan fingerprint density at radius 1 is 1.00 bits per heavy atom. The molecule has 0 aliphatic carbocycles. The van der Waals surface area contributed by atoms with Crippen LogP contribution < -0.4 is 5.73 Å². The maximum absolute atomic E-state index is 6.26. The molecule has 0 fully saturated rings. The summed E-state index contributed by atoms with van der Waals surface area (Å²) < 4.78 is 0. The Kier molecular flexibility index (Phi) is 3.07. The minimum Gasteiger partial charge on any atom is -0.397 e. The summed E-state index contributed by atoms with van der Waals surface area (Å²) in [6.07, 6.45) is 1.68. The number of rotatable bonds is 1. The van der Waals surface area contributed by atoms with Crippen molar-refractivity contribution in [3.05, 3.63) is 46.1 Å². The number of hydrogen-bond donors (Lipinski definition) is 1. The van der Waals surface area contributed by atoms with Crippen molar-refractivity contribution < 1.29 is 0 Å². The van der Waals surface area contributed by atoms with Crippen molar-refractivity contribution in [2.24, 2.45) is 0 Å². The third kappa shape index (κ3) is 2.27. The zero-order valence-electron chi connectivity index (χ0n) is 10.2. The number of nitrogens with two attached hydrogens (primary N) is 1. The lowest BCUT2D eigenvalue weighted by molar-refractivity contribution is 1.27. The molecule has 17 heavy (non-hydrogen) atoms. The molecule has 1 aromatic heterocycles. The van der Waals surface area contributed by atoms with Crippen LogP contribution in [-0.2, 0) is 0 Å². The molecule has 0 spiro atoms. The van der Waals surface area contributed by atoms with Crippen LogP contribution in [0.15, 0.2) is 24.4 Å². The number of anilines is 1. The Hall–Kier alpha value is -1.54. The van der Waals surface area contributed by atoms with E-state index >= 15 is 0 Å². The largest absolute Gasteiger partial charge is 0.397 e. The number of nitrogen functional groups attached to an aromatic ring is 1. The second-order valence-corrected chi connectivity index (χ2v) is 4.75. The van der Waals surface area contributed by atoms with Gasteiger partial charge in [0, 0.05) is 5.56 Å². The molecule has 2 nitrogen and oxygen atoms in total. The monoisotopic (exact) mass is 246 g/mol. The van der Waals surface area contributed by atoms with Crippen LogP contribution in [0.1, 0.15) is 16.7 Å². The average Bonchev–Trinajstić information content (AvgIpc) is 2.27. The van der Waals surface area contributed by atoms with E-state index in [1.54, 1.807) is 6.20 Å². The summed E-state index contributed by atoms with van der Waals surface area (Å²) in [6, 6.07) is 6.00. The SMILES string of the molecule is Cc1cc(Cl)c(-c2cc(C)c(N)cn2)cc1C. The molecule has 0 saturated heterocycles. The van der Waals surface area contributed by atoms with Crippen LogP contribution in [-0.4, -0.2) is 4.98 Å². The molecule has 0 atom stereocenters. The van der Waals surface area contributed by atoms with Crippen LogP contribution in [0.5, 0.6) is 0 Å².